The quantitative estimate of drug-likeness (QED) is 0.720. The number of methoxy groups -OCH3 is 1. The molecule has 0 amide bonds. The van der Waals surface area contributed by atoms with Gasteiger partial charge < -0.3 is 4.74 Å². The minimum absolute atomic E-state index is 0.111. The first kappa shape index (κ1) is 15.5. The van der Waals surface area contributed by atoms with Crippen LogP contribution in [0.15, 0.2) is 0 Å². The first-order chi connectivity index (χ1) is 9.49. The molecule has 2 fully saturated rings. The van der Waals surface area contributed by atoms with Crippen LogP contribution in [0.5, 0.6) is 0 Å². The summed E-state index contributed by atoms with van der Waals surface area (Å²) in [7, 11) is 1.45. The third-order valence-corrected chi connectivity index (χ3v) is 5.89. The van der Waals surface area contributed by atoms with Gasteiger partial charge in [-0.1, -0.05) is 13.8 Å². The lowest BCUT2D eigenvalue weighted by molar-refractivity contribution is -0.140. The lowest BCUT2D eigenvalue weighted by Gasteiger charge is -2.42. The first-order valence-corrected chi connectivity index (χ1v) is 8.08. The first-order valence-electron chi connectivity index (χ1n) is 8.08. The topological polar surface area (TPSA) is 43.4 Å². The van der Waals surface area contributed by atoms with Gasteiger partial charge in [0.15, 0.2) is 0 Å². The Labute approximate surface area is 122 Å². The van der Waals surface area contributed by atoms with Gasteiger partial charge >= 0.3 is 5.97 Å². The van der Waals surface area contributed by atoms with Gasteiger partial charge in [0.1, 0.15) is 5.78 Å². The van der Waals surface area contributed by atoms with Gasteiger partial charge in [-0.3, -0.25) is 9.59 Å². The Morgan fingerprint density at radius 2 is 2.20 bits per heavy atom. The van der Waals surface area contributed by atoms with E-state index in [2.05, 4.69) is 13.8 Å². The Morgan fingerprint density at radius 1 is 1.45 bits per heavy atom. The lowest BCUT2D eigenvalue weighted by Crippen LogP contribution is -2.39. The van der Waals surface area contributed by atoms with Crippen LogP contribution in [0.3, 0.4) is 0 Å². The standard InChI is InChI=1S/C17H28O3/c1-12(6-4-8-16(19)20-3)13-9-10-14-15(18)7-5-11-17(13,14)2/h12-14H,4-11H2,1-3H3. The van der Waals surface area contributed by atoms with Crippen molar-refractivity contribution in [3.05, 3.63) is 0 Å². The third-order valence-electron chi connectivity index (χ3n) is 5.89. The van der Waals surface area contributed by atoms with Crippen molar-refractivity contribution in [1.82, 2.24) is 0 Å². The number of esters is 1. The average molecular weight is 280 g/mol. The molecular weight excluding hydrogens is 252 g/mol. The van der Waals surface area contributed by atoms with Crippen molar-refractivity contribution in [1.29, 1.82) is 0 Å². The number of hydrogen-bond acceptors (Lipinski definition) is 3. The number of ether oxygens (including phenoxy) is 1. The Kier molecular flexibility index (Phi) is 4.87. The third kappa shape index (κ3) is 2.91. The number of rotatable bonds is 5. The van der Waals surface area contributed by atoms with E-state index in [4.69, 9.17) is 4.74 Å². The van der Waals surface area contributed by atoms with Crippen molar-refractivity contribution in [3.63, 3.8) is 0 Å². The van der Waals surface area contributed by atoms with Gasteiger partial charge in [-0.15, -0.1) is 0 Å². The van der Waals surface area contributed by atoms with Crippen LogP contribution in [0.2, 0.25) is 0 Å². The summed E-state index contributed by atoms with van der Waals surface area (Å²) in [5.41, 5.74) is 0.222. The van der Waals surface area contributed by atoms with E-state index in [1.807, 2.05) is 0 Å². The number of carbonyl (C=O) groups is 2. The summed E-state index contributed by atoms with van der Waals surface area (Å²) >= 11 is 0. The second kappa shape index (κ2) is 6.28. The number of fused-ring (bicyclic) bond motifs is 1. The molecule has 0 aromatic heterocycles. The summed E-state index contributed by atoms with van der Waals surface area (Å²) < 4.78 is 4.69. The maximum Gasteiger partial charge on any atom is 0.305 e. The largest absolute Gasteiger partial charge is 0.469 e. The smallest absolute Gasteiger partial charge is 0.305 e. The van der Waals surface area contributed by atoms with Crippen molar-refractivity contribution in [2.45, 2.75) is 65.2 Å². The summed E-state index contributed by atoms with van der Waals surface area (Å²) in [6.45, 7) is 4.64. The van der Waals surface area contributed by atoms with Gasteiger partial charge in [-0.2, -0.15) is 0 Å². The van der Waals surface area contributed by atoms with Crippen LogP contribution in [0.4, 0.5) is 0 Å². The van der Waals surface area contributed by atoms with Crippen LogP contribution in [0.1, 0.15) is 65.2 Å². The zero-order valence-electron chi connectivity index (χ0n) is 13.1. The van der Waals surface area contributed by atoms with Gasteiger partial charge in [0.2, 0.25) is 0 Å². The molecule has 0 N–H and O–H groups in total. The maximum absolute atomic E-state index is 12.1. The van der Waals surface area contributed by atoms with Crippen LogP contribution < -0.4 is 0 Å². The van der Waals surface area contributed by atoms with Gasteiger partial charge in [-0.25, -0.2) is 0 Å². The van der Waals surface area contributed by atoms with Gasteiger partial charge in [-0.05, 0) is 55.8 Å². The van der Waals surface area contributed by atoms with E-state index in [9.17, 15) is 9.59 Å². The summed E-state index contributed by atoms with van der Waals surface area (Å²) in [4.78, 5) is 23.3. The monoisotopic (exact) mass is 280 g/mol. The van der Waals surface area contributed by atoms with Crippen molar-refractivity contribution in [2.75, 3.05) is 7.11 Å². The Hall–Kier alpha value is -0.860. The molecule has 0 aromatic carbocycles. The number of carbonyl (C=O) groups excluding carboxylic acids is 2. The van der Waals surface area contributed by atoms with E-state index in [1.54, 1.807) is 0 Å². The normalized spacial score (nSPS) is 34.6. The molecule has 0 heterocycles. The van der Waals surface area contributed by atoms with Crippen LogP contribution in [-0.2, 0) is 14.3 Å². The minimum Gasteiger partial charge on any atom is -0.469 e. The fourth-order valence-corrected chi connectivity index (χ4v) is 4.78. The van der Waals surface area contributed by atoms with Gasteiger partial charge in [0.05, 0.1) is 7.11 Å². The van der Waals surface area contributed by atoms with Crippen molar-refractivity contribution in [3.8, 4) is 0 Å². The predicted octanol–water partition coefficient (Wildman–Crippen LogP) is 3.75. The molecule has 3 nitrogen and oxygen atoms in total. The molecule has 0 radical (unpaired) electrons. The summed E-state index contributed by atoms with van der Waals surface area (Å²) in [6.07, 6.45) is 7.83. The number of Topliss-reactive ketones (excluding diaryl/α,β-unsaturated/α-hetero) is 1. The molecule has 0 aliphatic heterocycles. The SMILES string of the molecule is COC(=O)CCCC(C)C1CCC2C(=O)CCCC21C. The van der Waals surface area contributed by atoms with E-state index >= 15 is 0 Å². The molecule has 2 aliphatic carbocycles. The molecule has 4 atom stereocenters. The molecule has 0 saturated heterocycles. The second-order valence-corrected chi connectivity index (χ2v) is 7.01. The maximum atomic E-state index is 12.1. The van der Waals surface area contributed by atoms with E-state index < -0.39 is 0 Å². The highest BCUT2D eigenvalue weighted by Gasteiger charge is 2.52. The highest BCUT2D eigenvalue weighted by Crippen LogP contribution is 2.57. The minimum atomic E-state index is -0.111. The molecule has 0 bridgehead atoms. The zero-order chi connectivity index (χ0) is 14.8. The van der Waals surface area contributed by atoms with E-state index in [1.165, 1.54) is 20.0 Å². The van der Waals surface area contributed by atoms with Crippen LogP contribution in [-0.4, -0.2) is 18.9 Å². The molecule has 114 valence electrons. The van der Waals surface area contributed by atoms with E-state index in [0.29, 0.717) is 30.0 Å². The van der Waals surface area contributed by atoms with Gasteiger partial charge in [0, 0.05) is 18.8 Å². The predicted molar refractivity (Wildman–Crippen MR) is 78.2 cm³/mol. The molecule has 4 unspecified atom stereocenters. The van der Waals surface area contributed by atoms with Crippen molar-refractivity contribution in [2.24, 2.45) is 23.2 Å². The summed E-state index contributed by atoms with van der Waals surface area (Å²) in [5, 5.41) is 0. The fourth-order valence-electron chi connectivity index (χ4n) is 4.78. The summed E-state index contributed by atoms with van der Waals surface area (Å²) in [5.74, 6) is 1.95. The molecule has 2 saturated carbocycles. The number of hydrogen-bond donors (Lipinski definition) is 0. The van der Waals surface area contributed by atoms with Crippen LogP contribution in [0.25, 0.3) is 0 Å². The zero-order valence-corrected chi connectivity index (χ0v) is 13.1. The molecule has 2 aliphatic rings. The Balaban J connectivity index is 1.91. The second-order valence-electron chi connectivity index (χ2n) is 7.01. The fraction of sp³-hybridized carbons (Fsp3) is 0.882. The number of ketones is 1. The van der Waals surface area contributed by atoms with Crippen LogP contribution in [0, 0.1) is 23.2 Å². The molecule has 20 heavy (non-hydrogen) atoms. The van der Waals surface area contributed by atoms with E-state index in [0.717, 1.165) is 32.1 Å². The summed E-state index contributed by atoms with van der Waals surface area (Å²) in [6, 6.07) is 0. The lowest BCUT2D eigenvalue weighted by atomic mass is 9.62. The van der Waals surface area contributed by atoms with Crippen molar-refractivity contribution < 1.29 is 14.3 Å². The Bertz CT molecular complexity index is 376. The highest BCUT2D eigenvalue weighted by molar-refractivity contribution is 5.83. The van der Waals surface area contributed by atoms with Gasteiger partial charge in [0.25, 0.3) is 0 Å². The molecular formula is C17H28O3. The highest BCUT2D eigenvalue weighted by atomic mass is 16.5. The average Bonchev–Trinajstić information content (AvgIpc) is 2.77. The Morgan fingerprint density at radius 3 is 2.90 bits per heavy atom. The molecule has 2 rings (SSSR count). The molecule has 0 spiro atoms. The molecule has 0 aromatic rings. The van der Waals surface area contributed by atoms with Crippen LogP contribution >= 0.6 is 0 Å². The van der Waals surface area contributed by atoms with E-state index in [-0.39, 0.29) is 11.4 Å². The van der Waals surface area contributed by atoms with Crippen molar-refractivity contribution >= 4 is 11.8 Å². The molecule has 3 heteroatoms.